The molecule has 7 nitrogen and oxygen atoms in total. The molecule has 0 unspecified atom stereocenters. The summed E-state index contributed by atoms with van der Waals surface area (Å²) < 4.78 is 0. The summed E-state index contributed by atoms with van der Waals surface area (Å²) in [5.41, 5.74) is 0. The first kappa shape index (κ1) is 17.1. The molecule has 74 valence electrons. The third kappa shape index (κ3) is 3.86. The lowest BCUT2D eigenvalue weighted by molar-refractivity contribution is -0.140. The van der Waals surface area contributed by atoms with Gasteiger partial charge in [0.1, 0.15) is 6.04 Å². The maximum Gasteiger partial charge on any atom is 0.326 e. The van der Waals surface area contributed by atoms with E-state index < -0.39 is 12.0 Å². The van der Waals surface area contributed by atoms with E-state index in [1.54, 1.807) is 0 Å². The molecule has 0 aromatic heterocycles. The Bertz CT molecular complexity index is 158. The first-order valence-corrected chi connectivity index (χ1v) is 2.72. The zero-order valence-electron chi connectivity index (χ0n) is 6.26. The van der Waals surface area contributed by atoms with Gasteiger partial charge in [0.2, 0.25) is 5.91 Å². The Balaban J connectivity index is -0.000000270. The molecule has 0 aliphatic carbocycles. The smallest absolute Gasteiger partial charge is 0.326 e. The lowest BCUT2D eigenvalue weighted by Crippen LogP contribution is -2.32. The summed E-state index contributed by atoms with van der Waals surface area (Å²) in [4.78, 5) is 20.5. The molecule has 1 aliphatic rings. The second-order valence-corrected chi connectivity index (χ2v) is 2.00. The van der Waals surface area contributed by atoms with Gasteiger partial charge in [-0.25, -0.2) is 4.79 Å². The van der Waals surface area contributed by atoms with Gasteiger partial charge < -0.3 is 26.9 Å². The van der Waals surface area contributed by atoms with Gasteiger partial charge in [-0.1, -0.05) is 0 Å². The second-order valence-electron chi connectivity index (χ2n) is 2.00. The van der Waals surface area contributed by atoms with Gasteiger partial charge in [-0.3, -0.25) is 4.79 Å². The van der Waals surface area contributed by atoms with E-state index in [0.29, 0.717) is 12.8 Å². The van der Waals surface area contributed by atoms with Crippen molar-refractivity contribution in [2.75, 3.05) is 0 Å². The van der Waals surface area contributed by atoms with Crippen LogP contribution in [-0.4, -0.2) is 39.5 Å². The molecular formula is C5H13NO6. The summed E-state index contributed by atoms with van der Waals surface area (Å²) >= 11 is 0. The minimum Gasteiger partial charge on any atom is -0.480 e. The molecule has 1 aliphatic heterocycles. The summed E-state index contributed by atoms with van der Waals surface area (Å²) in [6, 6.07) is -0.641. The fourth-order valence-electron chi connectivity index (χ4n) is 0.799. The molecule has 12 heavy (non-hydrogen) atoms. The van der Waals surface area contributed by atoms with Crippen LogP contribution in [0.1, 0.15) is 12.8 Å². The lowest BCUT2D eigenvalue weighted by Gasteiger charge is -1.99. The van der Waals surface area contributed by atoms with Gasteiger partial charge in [-0.05, 0) is 6.42 Å². The number of aliphatic carboxylic acids is 1. The van der Waals surface area contributed by atoms with E-state index in [-0.39, 0.29) is 22.3 Å². The summed E-state index contributed by atoms with van der Waals surface area (Å²) in [5.74, 6) is -1.11. The van der Waals surface area contributed by atoms with Crippen molar-refractivity contribution < 1.29 is 31.1 Å². The first-order valence-electron chi connectivity index (χ1n) is 2.72. The molecule has 8 N–H and O–H groups in total. The Kier molecular flexibility index (Phi) is 9.28. The van der Waals surface area contributed by atoms with E-state index in [9.17, 15) is 9.59 Å². The maximum absolute atomic E-state index is 10.4. The number of hydrogen-bond donors (Lipinski definition) is 2. The van der Waals surface area contributed by atoms with Crippen molar-refractivity contribution in [2.24, 2.45) is 0 Å². The topological polar surface area (TPSA) is 161 Å². The van der Waals surface area contributed by atoms with E-state index in [1.165, 1.54) is 0 Å². The Labute approximate surface area is 68.3 Å². The van der Waals surface area contributed by atoms with Crippen LogP contribution in [-0.2, 0) is 9.59 Å². The standard InChI is InChI=1S/C5H7NO3.3H2O/c7-4-2-1-3(6-4)5(8)9;;;/h3H,1-2H2,(H,6,7)(H,8,9);3*1H2/t3-;;;/m1.../s1. The van der Waals surface area contributed by atoms with Gasteiger partial charge >= 0.3 is 5.97 Å². The van der Waals surface area contributed by atoms with Gasteiger partial charge in [0.05, 0.1) is 0 Å². The number of nitrogens with one attached hydrogen (secondary N) is 1. The van der Waals surface area contributed by atoms with Crippen LogP contribution in [0.2, 0.25) is 0 Å². The Hall–Kier alpha value is -1.18. The number of carbonyl (C=O) groups is 2. The zero-order valence-corrected chi connectivity index (χ0v) is 6.26. The van der Waals surface area contributed by atoms with E-state index in [0.717, 1.165) is 0 Å². The highest BCUT2D eigenvalue weighted by molar-refractivity contribution is 5.87. The molecular weight excluding hydrogens is 170 g/mol. The summed E-state index contributed by atoms with van der Waals surface area (Å²) in [6.07, 6.45) is 0.769. The zero-order chi connectivity index (χ0) is 6.85. The van der Waals surface area contributed by atoms with Crippen molar-refractivity contribution in [3.05, 3.63) is 0 Å². The third-order valence-electron chi connectivity index (χ3n) is 1.29. The van der Waals surface area contributed by atoms with Gasteiger partial charge in [0, 0.05) is 6.42 Å². The van der Waals surface area contributed by atoms with Crippen LogP contribution < -0.4 is 5.32 Å². The Morgan fingerprint density at radius 3 is 2.08 bits per heavy atom. The SMILES string of the molecule is O.O.O.O=C1CC[C@H](C(=O)O)N1. The monoisotopic (exact) mass is 183 g/mol. The first-order chi connectivity index (χ1) is 4.20. The molecule has 0 bridgehead atoms. The van der Waals surface area contributed by atoms with Crippen LogP contribution in [0.4, 0.5) is 0 Å². The molecule has 0 aromatic rings. The molecule has 0 radical (unpaired) electrons. The number of carbonyl (C=O) groups excluding carboxylic acids is 1. The highest BCUT2D eigenvalue weighted by Crippen LogP contribution is 2.05. The maximum atomic E-state index is 10.4. The molecule has 0 spiro atoms. The molecule has 1 rings (SSSR count). The van der Waals surface area contributed by atoms with E-state index in [1.807, 2.05) is 0 Å². The van der Waals surface area contributed by atoms with Crippen LogP contribution in [0, 0.1) is 0 Å². The van der Waals surface area contributed by atoms with Crippen molar-refractivity contribution in [1.82, 2.24) is 5.32 Å². The summed E-state index contributed by atoms with van der Waals surface area (Å²) in [7, 11) is 0. The molecule has 0 saturated carbocycles. The average Bonchev–Trinajstić information content (AvgIpc) is 2.14. The molecule has 1 fully saturated rings. The van der Waals surface area contributed by atoms with Crippen molar-refractivity contribution >= 4 is 11.9 Å². The highest BCUT2D eigenvalue weighted by Gasteiger charge is 2.26. The summed E-state index contributed by atoms with van der Waals surface area (Å²) in [6.45, 7) is 0. The van der Waals surface area contributed by atoms with Crippen LogP contribution in [0.5, 0.6) is 0 Å². The number of carboxylic acid groups (broad SMARTS) is 1. The Morgan fingerprint density at radius 2 is 1.92 bits per heavy atom. The fraction of sp³-hybridized carbons (Fsp3) is 0.600. The van der Waals surface area contributed by atoms with Gasteiger partial charge in [0.25, 0.3) is 0 Å². The van der Waals surface area contributed by atoms with E-state index in [2.05, 4.69) is 5.32 Å². The van der Waals surface area contributed by atoms with Crippen LogP contribution >= 0.6 is 0 Å². The van der Waals surface area contributed by atoms with Crippen molar-refractivity contribution in [3.63, 3.8) is 0 Å². The van der Waals surface area contributed by atoms with Crippen LogP contribution in [0.3, 0.4) is 0 Å². The minimum atomic E-state index is -0.944. The van der Waals surface area contributed by atoms with Gasteiger partial charge in [-0.15, -0.1) is 0 Å². The van der Waals surface area contributed by atoms with Crippen molar-refractivity contribution in [3.8, 4) is 0 Å². The normalized spacial score (nSPS) is 19.3. The highest BCUT2D eigenvalue weighted by atomic mass is 16.4. The number of hydrogen-bond acceptors (Lipinski definition) is 2. The predicted octanol–water partition coefficient (Wildman–Crippen LogP) is -3.12. The van der Waals surface area contributed by atoms with Gasteiger partial charge in [0.15, 0.2) is 0 Å². The lowest BCUT2D eigenvalue weighted by atomic mass is 10.2. The number of rotatable bonds is 1. The number of carboxylic acids is 1. The molecule has 1 heterocycles. The second kappa shape index (κ2) is 6.53. The number of amides is 1. The molecule has 0 aromatic carbocycles. The average molecular weight is 183 g/mol. The molecule has 1 atom stereocenters. The minimum absolute atomic E-state index is 0. The predicted molar refractivity (Wildman–Crippen MR) is 39.6 cm³/mol. The van der Waals surface area contributed by atoms with Crippen LogP contribution in [0.25, 0.3) is 0 Å². The van der Waals surface area contributed by atoms with Crippen LogP contribution in [0.15, 0.2) is 0 Å². The third-order valence-corrected chi connectivity index (χ3v) is 1.29. The van der Waals surface area contributed by atoms with E-state index in [4.69, 9.17) is 5.11 Å². The molecule has 1 saturated heterocycles. The Morgan fingerprint density at radius 1 is 1.42 bits per heavy atom. The van der Waals surface area contributed by atoms with Crippen molar-refractivity contribution in [2.45, 2.75) is 18.9 Å². The fourth-order valence-corrected chi connectivity index (χ4v) is 0.799. The largest absolute Gasteiger partial charge is 0.480 e. The van der Waals surface area contributed by atoms with Crippen molar-refractivity contribution in [1.29, 1.82) is 0 Å². The molecule has 7 heteroatoms. The van der Waals surface area contributed by atoms with Gasteiger partial charge in [-0.2, -0.15) is 0 Å². The summed E-state index contributed by atoms with van der Waals surface area (Å²) in [5, 5.41) is 10.6. The van der Waals surface area contributed by atoms with E-state index >= 15 is 0 Å². The molecule has 1 amide bonds. The quantitative estimate of drug-likeness (QED) is 0.440.